The Balaban J connectivity index is 0.000000252. The smallest absolute Gasteiger partial charge is 0.371 e. The largest absolute Gasteiger partial charge is 0.478 e. The van der Waals surface area contributed by atoms with Crippen molar-refractivity contribution in [2.45, 2.75) is 43.5 Å². The topological polar surface area (TPSA) is 37.3 Å². The number of rotatable bonds is 5. The number of halogens is 6. The zero-order chi connectivity index (χ0) is 25.3. The molecule has 2 aliphatic rings. The molecule has 180 valence electrons. The van der Waals surface area contributed by atoms with Gasteiger partial charge in [0, 0.05) is 31.8 Å². The number of alkyl halides is 6. The molecule has 2 nitrogen and oxygen atoms in total. The summed E-state index contributed by atoms with van der Waals surface area (Å²) in [6, 6.07) is 16.4. The molecule has 2 aromatic rings. The number of carboxylic acid groups (broad SMARTS) is 1. The van der Waals surface area contributed by atoms with Gasteiger partial charge in [-0.05, 0) is 27.8 Å². The van der Waals surface area contributed by atoms with Gasteiger partial charge in [0.05, 0.1) is 0 Å². The molecule has 0 fully saturated rings. The first kappa shape index (κ1) is 25.3. The van der Waals surface area contributed by atoms with Gasteiger partial charge in [-0.3, -0.25) is 0 Å². The van der Waals surface area contributed by atoms with Crippen LogP contribution in [0.25, 0.3) is 12.2 Å². The van der Waals surface area contributed by atoms with E-state index in [2.05, 4.69) is 48.6 Å². The van der Waals surface area contributed by atoms with Crippen LogP contribution < -0.4 is 0 Å². The molecule has 2 atom stereocenters. The molecule has 0 spiro atoms. The van der Waals surface area contributed by atoms with Crippen LogP contribution in [-0.4, -0.2) is 28.8 Å². The molecule has 2 unspecified atom stereocenters. The number of benzene rings is 2. The summed E-state index contributed by atoms with van der Waals surface area (Å²) in [4.78, 5) is 11.4. The summed E-state index contributed by atoms with van der Waals surface area (Å²) in [5.41, 5.74) is 5.61. The zero-order valence-corrected chi connectivity index (χ0v) is 18.3. The molecule has 4 rings (SSSR count). The maximum absolute atomic E-state index is 11.9. The monoisotopic (exact) mass is 480 g/mol. The van der Waals surface area contributed by atoms with Crippen molar-refractivity contribution < 1.29 is 36.2 Å². The number of carboxylic acids is 1. The fraction of sp³-hybridized carbons (Fsp3) is 0.269. The van der Waals surface area contributed by atoms with E-state index < -0.39 is 23.7 Å². The summed E-state index contributed by atoms with van der Waals surface area (Å²) in [5.74, 6) is -15.6. The first-order chi connectivity index (χ1) is 15.7. The molecular formula is C26H22F6O2. The Morgan fingerprint density at radius 2 is 1.15 bits per heavy atom. The van der Waals surface area contributed by atoms with Crippen molar-refractivity contribution in [2.24, 2.45) is 0 Å². The average molecular weight is 480 g/mol. The lowest BCUT2D eigenvalue weighted by molar-refractivity contribution is -0.295. The van der Waals surface area contributed by atoms with Crippen molar-refractivity contribution in [1.82, 2.24) is 0 Å². The Bertz CT molecular complexity index is 1070. The van der Waals surface area contributed by atoms with E-state index in [1.54, 1.807) is 0 Å². The molecule has 2 aromatic carbocycles. The van der Waals surface area contributed by atoms with E-state index in [0.717, 1.165) is 5.57 Å². The van der Waals surface area contributed by atoms with E-state index in [1.165, 1.54) is 28.3 Å². The molecule has 0 amide bonds. The number of fused-ring (bicyclic) bond motifs is 2. The molecule has 1 N–H and O–H groups in total. The minimum absolute atomic E-state index is 0.0168. The van der Waals surface area contributed by atoms with E-state index >= 15 is 0 Å². The van der Waals surface area contributed by atoms with E-state index in [0.29, 0.717) is 0 Å². The molecular weight excluding hydrogens is 458 g/mol. The van der Waals surface area contributed by atoms with Gasteiger partial charge in [0.2, 0.25) is 0 Å². The molecule has 0 saturated heterocycles. The second-order valence-electron chi connectivity index (χ2n) is 8.27. The fourth-order valence-corrected chi connectivity index (χ4v) is 3.98. The third-order valence-corrected chi connectivity index (χ3v) is 5.71. The second-order valence-corrected chi connectivity index (χ2v) is 8.27. The number of aliphatic carboxylic acids is 1. The summed E-state index contributed by atoms with van der Waals surface area (Å²) >= 11 is 0. The van der Waals surface area contributed by atoms with Crippen LogP contribution in [0.5, 0.6) is 0 Å². The van der Waals surface area contributed by atoms with Gasteiger partial charge in [-0.15, -0.1) is 0 Å². The Kier molecular flexibility index (Phi) is 6.82. The minimum atomic E-state index is -5.29. The second kappa shape index (κ2) is 9.16. The van der Waals surface area contributed by atoms with Crippen molar-refractivity contribution in [1.29, 1.82) is 0 Å². The molecule has 34 heavy (non-hydrogen) atoms. The lowest BCUT2D eigenvalue weighted by Gasteiger charge is -2.27. The summed E-state index contributed by atoms with van der Waals surface area (Å²) < 4.78 is 70.9. The molecule has 0 bridgehead atoms. The van der Waals surface area contributed by atoms with Crippen LogP contribution in [0.15, 0.2) is 72.3 Å². The van der Waals surface area contributed by atoms with Crippen LogP contribution in [0.4, 0.5) is 26.3 Å². The first-order valence-electron chi connectivity index (χ1n) is 10.4. The van der Waals surface area contributed by atoms with Crippen molar-refractivity contribution in [3.8, 4) is 0 Å². The molecule has 2 aliphatic carbocycles. The van der Waals surface area contributed by atoms with Gasteiger partial charge >= 0.3 is 23.7 Å². The summed E-state index contributed by atoms with van der Waals surface area (Å²) in [6.45, 7) is -0.491. The van der Waals surface area contributed by atoms with Crippen molar-refractivity contribution >= 4 is 18.1 Å². The summed E-state index contributed by atoms with van der Waals surface area (Å²) in [7, 11) is 0. The Labute approximate surface area is 192 Å². The van der Waals surface area contributed by atoms with Crippen molar-refractivity contribution in [3.05, 3.63) is 94.6 Å². The van der Waals surface area contributed by atoms with E-state index in [-0.39, 0.29) is 25.7 Å². The van der Waals surface area contributed by atoms with Crippen LogP contribution >= 0.6 is 0 Å². The molecule has 0 aromatic heterocycles. The normalized spacial score (nSPS) is 18.6. The van der Waals surface area contributed by atoms with E-state index in [9.17, 15) is 36.2 Å². The Hall–Kier alpha value is -3.29. The maximum Gasteiger partial charge on any atom is 0.371 e. The van der Waals surface area contributed by atoms with Gasteiger partial charge in [-0.1, -0.05) is 72.8 Å². The predicted octanol–water partition coefficient (Wildman–Crippen LogP) is 7.55. The van der Waals surface area contributed by atoms with Crippen LogP contribution in [0, 0.1) is 0 Å². The van der Waals surface area contributed by atoms with Crippen molar-refractivity contribution in [2.75, 3.05) is 0 Å². The quantitative estimate of drug-likeness (QED) is 0.354. The third kappa shape index (κ3) is 4.95. The highest BCUT2D eigenvalue weighted by Gasteiger charge is 2.66. The van der Waals surface area contributed by atoms with Gasteiger partial charge in [0.25, 0.3) is 0 Å². The number of hydrogen-bond donors (Lipinski definition) is 1. The van der Waals surface area contributed by atoms with Gasteiger partial charge < -0.3 is 5.11 Å². The molecule has 0 aliphatic heterocycles. The number of allylic oxidation sites excluding steroid dienone is 3. The number of carbonyl (C=O) groups is 1. The van der Waals surface area contributed by atoms with Crippen LogP contribution in [0.1, 0.15) is 47.9 Å². The predicted molar refractivity (Wildman–Crippen MR) is 118 cm³/mol. The standard InChI is InChI=1S/C21H16O2.C5H6F6/c22-21(23)13-20(18-11-9-14-5-1-3-7-16(14)18)19-12-10-15-6-2-4-8-17(15)19;1-3(6,7)5(10,11)4(2,8)9/h1-13,18-19H,(H,22,23);1-2H3. The SMILES string of the molecule is CC(F)(F)C(F)(F)C(C)(F)F.O=C(O)C=C(C1C=Cc2ccccc21)C1C=Cc2ccccc21. The molecule has 8 heteroatoms. The Morgan fingerprint density at radius 3 is 1.47 bits per heavy atom. The highest BCUT2D eigenvalue weighted by atomic mass is 19.3. The molecule has 0 radical (unpaired) electrons. The van der Waals surface area contributed by atoms with Gasteiger partial charge in [-0.25, -0.2) is 4.79 Å². The first-order valence-corrected chi connectivity index (χ1v) is 10.4. The summed E-state index contributed by atoms with van der Waals surface area (Å²) in [5, 5.41) is 9.38. The van der Waals surface area contributed by atoms with Gasteiger partial charge in [0.1, 0.15) is 0 Å². The molecule has 0 saturated carbocycles. The highest BCUT2D eigenvalue weighted by molar-refractivity contribution is 5.83. The zero-order valence-electron chi connectivity index (χ0n) is 18.3. The van der Waals surface area contributed by atoms with Crippen LogP contribution in [0.3, 0.4) is 0 Å². The van der Waals surface area contributed by atoms with E-state index in [4.69, 9.17) is 0 Å². The van der Waals surface area contributed by atoms with Crippen LogP contribution in [0.2, 0.25) is 0 Å². The Morgan fingerprint density at radius 1 is 0.765 bits per heavy atom. The van der Waals surface area contributed by atoms with Gasteiger partial charge in [0.15, 0.2) is 0 Å². The molecule has 0 heterocycles. The highest BCUT2D eigenvalue weighted by Crippen LogP contribution is 2.46. The minimum Gasteiger partial charge on any atom is -0.478 e. The van der Waals surface area contributed by atoms with Crippen LogP contribution in [-0.2, 0) is 4.79 Å². The number of hydrogen-bond acceptors (Lipinski definition) is 1. The maximum atomic E-state index is 11.9. The average Bonchev–Trinajstić information content (AvgIpc) is 3.35. The van der Waals surface area contributed by atoms with E-state index in [1.807, 2.05) is 24.3 Å². The lowest BCUT2D eigenvalue weighted by atomic mass is 9.81. The fourth-order valence-electron chi connectivity index (χ4n) is 3.98. The third-order valence-electron chi connectivity index (χ3n) is 5.71. The summed E-state index contributed by atoms with van der Waals surface area (Å²) in [6.07, 6.45) is 9.76. The van der Waals surface area contributed by atoms with Crippen molar-refractivity contribution in [3.63, 3.8) is 0 Å². The van der Waals surface area contributed by atoms with Gasteiger partial charge in [-0.2, -0.15) is 26.3 Å². The lowest BCUT2D eigenvalue weighted by Crippen LogP contribution is -2.50.